The van der Waals surface area contributed by atoms with Gasteiger partial charge in [0.2, 0.25) is 5.91 Å². The fourth-order valence-electron chi connectivity index (χ4n) is 1.77. The molecular weight excluding hydrogens is 222 g/mol. The molecule has 0 unspecified atom stereocenters. The van der Waals surface area contributed by atoms with Crippen molar-refractivity contribution in [1.82, 2.24) is 4.90 Å². The van der Waals surface area contributed by atoms with E-state index in [4.69, 9.17) is 4.74 Å². The molecule has 0 spiro atoms. The van der Waals surface area contributed by atoms with Crippen LogP contribution in [0.1, 0.15) is 27.2 Å². The normalized spacial score (nSPS) is 20.1. The van der Waals surface area contributed by atoms with Gasteiger partial charge in [-0.2, -0.15) is 0 Å². The molecule has 0 aromatic carbocycles. The number of ether oxygens (including phenoxy) is 1. The van der Waals surface area contributed by atoms with Crippen molar-refractivity contribution in [2.75, 3.05) is 26.3 Å². The average Bonchev–Trinajstić information content (AvgIpc) is 2.29. The van der Waals surface area contributed by atoms with Crippen LogP contribution in [0.4, 0.5) is 0 Å². The first kappa shape index (κ1) is 14.0. The van der Waals surface area contributed by atoms with E-state index in [9.17, 15) is 14.7 Å². The van der Waals surface area contributed by atoms with Crippen LogP contribution in [0.15, 0.2) is 0 Å². The number of nitrogens with zero attached hydrogens (tertiary/aromatic N) is 1. The van der Waals surface area contributed by atoms with Crippen LogP contribution in [0.2, 0.25) is 0 Å². The van der Waals surface area contributed by atoms with Gasteiger partial charge in [0.05, 0.1) is 18.6 Å². The van der Waals surface area contributed by atoms with Gasteiger partial charge >= 0.3 is 5.97 Å². The second-order valence-corrected chi connectivity index (χ2v) is 5.05. The summed E-state index contributed by atoms with van der Waals surface area (Å²) in [6.07, 6.45) is 0.0556. The van der Waals surface area contributed by atoms with E-state index < -0.39 is 11.4 Å². The maximum atomic E-state index is 12.0. The highest BCUT2D eigenvalue weighted by molar-refractivity contribution is 5.85. The molecule has 5 nitrogen and oxygen atoms in total. The molecular formula is C12H21NO4. The number of carboxylic acid groups (broad SMARTS) is 1. The second-order valence-electron chi connectivity index (χ2n) is 5.05. The van der Waals surface area contributed by atoms with Crippen molar-refractivity contribution in [3.05, 3.63) is 0 Å². The molecule has 0 bridgehead atoms. The van der Waals surface area contributed by atoms with E-state index in [1.165, 1.54) is 0 Å². The van der Waals surface area contributed by atoms with Gasteiger partial charge in [-0.25, -0.2) is 0 Å². The van der Waals surface area contributed by atoms with E-state index >= 15 is 0 Å². The zero-order chi connectivity index (χ0) is 13.1. The minimum atomic E-state index is -0.991. The molecule has 0 saturated carbocycles. The summed E-state index contributed by atoms with van der Waals surface area (Å²) >= 11 is 0. The van der Waals surface area contributed by atoms with E-state index in [1.807, 2.05) is 13.8 Å². The third kappa shape index (κ3) is 3.19. The quantitative estimate of drug-likeness (QED) is 0.799. The predicted molar refractivity (Wildman–Crippen MR) is 62.6 cm³/mol. The SMILES string of the molecule is CC(C)[C@@](C)(CC(=O)N1CCOCC1)C(=O)O. The van der Waals surface area contributed by atoms with Crippen LogP contribution in [-0.4, -0.2) is 48.2 Å². The summed E-state index contributed by atoms with van der Waals surface area (Å²) in [5.41, 5.74) is -0.991. The highest BCUT2D eigenvalue weighted by Gasteiger charge is 2.40. The van der Waals surface area contributed by atoms with Gasteiger partial charge in [-0.05, 0) is 12.8 Å². The lowest BCUT2D eigenvalue weighted by atomic mass is 9.76. The van der Waals surface area contributed by atoms with E-state index in [0.29, 0.717) is 26.3 Å². The fourth-order valence-corrected chi connectivity index (χ4v) is 1.77. The first-order valence-electron chi connectivity index (χ1n) is 5.97. The number of morpholine rings is 1. The molecule has 5 heteroatoms. The van der Waals surface area contributed by atoms with Crippen molar-refractivity contribution >= 4 is 11.9 Å². The number of carbonyl (C=O) groups is 2. The van der Waals surface area contributed by atoms with Crippen LogP contribution in [0.3, 0.4) is 0 Å². The molecule has 0 radical (unpaired) electrons. The third-order valence-corrected chi connectivity index (χ3v) is 3.65. The molecule has 1 amide bonds. The standard InChI is InChI=1S/C12H21NO4/c1-9(2)12(3,11(15)16)8-10(14)13-4-6-17-7-5-13/h9H,4-8H2,1-3H3,(H,15,16)/t12-/m1/s1. The summed E-state index contributed by atoms with van der Waals surface area (Å²) in [6.45, 7) is 7.51. The Kier molecular flexibility index (Phi) is 4.51. The number of hydrogen-bond donors (Lipinski definition) is 1. The summed E-state index contributed by atoms with van der Waals surface area (Å²) in [6, 6.07) is 0. The molecule has 1 aliphatic rings. The molecule has 1 N–H and O–H groups in total. The number of aliphatic carboxylic acids is 1. The van der Waals surface area contributed by atoms with Crippen LogP contribution < -0.4 is 0 Å². The lowest BCUT2D eigenvalue weighted by Crippen LogP contribution is -2.45. The Balaban J connectivity index is 2.67. The maximum absolute atomic E-state index is 12.0. The van der Waals surface area contributed by atoms with Crippen LogP contribution in [0.25, 0.3) is 0 Å². The predicted octanol–water partition coefficient (Wildman–Crippen LogP) is 0.982. The summed E-state index contributed by atoms with van der Waals surface area (Å²) in [5, 5.41) is 9.25. The van der Waals surface area contributed by atoms with E-state index in [2.05, 4.69) is 0 Å². The van der Waals surface area contributed by atoms with Gasteiger partial charge in [0.1, 0.15) is 0 Å². The van der Waals surface area contributed by atoms with Crippen molar-refractivity contribution in [1.29, 1.82) is 0 Å². The second kappa shape index (κ2) is 5.49. The number of carbonyl (C=O) groups excluding carboxylic acids is 1. The van der Waals surface area contributed by atoms with Gasteiger partial charge in [0, 0.05) is 19.5 Å². The van der Waals surface area contributed by atoms with E-state index in [0.717, 1.165) is 0 Å². The molecule has 1 atom stereocenters. The monoisotopic (exact) mass is 243 g/mol. The molecule has 17 heavy (non-hydrogen) atoms. The Morgan fingerprint density at radius 3 is 2.29 bits per heavy atom. The maximum Gasteiger partial charge on any atom is 0.310 e. The van der Waals surface area contributed by atoms with Gasteiger partial charge in [-0.15, -0.1) is 0 Å². The van der Waals surface area contributed by atoms with Gasteiger partial charge < -0.3 is 14.7 Å². The largest absolute Gasteiger partial charge is 0.481 e. The Bertz CT molecular complexity index is 297. The molecule has 1 rings (SSSR count). The van der Waals surface area contributed by atoms with Gasteiger partial charge in [-0.1, -0.05) is 13.8 Å². The van der Waals surface area contributed by atoms with Crippen LogP contribution >= 0.6 is 0 Å². The van der Waals surface area contributed by atoms with Crippen molar-refractivity contribution in [3.63, 3.8) is 0 Å². The summed E-state index contributed by atoms with van der Waals surface area (Å²) in [7, 11) is 0. The number of hydrogen-bond acceptors (Lipinski definition) is 3. The topological polar surface area (TPSA) is 66.8 Å². The van der Waals surface area contributed by atoms with Crippen molar-refractivity contribution in [3.8, 4) is 0 Å². The van der Waals surface area contributed by atoms with Crippen LogP contribution in [0, 0.1) is 11.3 Å². The van der Waals surface area contributed by atoms with Crippen LogP contribution in [-0.2, 0) is 14.3 Å². The Morgan fingerprint density at radius 1 is 1.35 bits per heavy atom. The summed E-state index contributed by atoms with van der Waals surface area (Å²) in [4.78, 5) is 25.0. The zero-order valence-corrected chi connectivity index (χ0v) is 10.7. The zero-order valence-electron chi connectivity index (χ0n) is 10.7. The first-order chi connectivity index (χ1) is 7.88. The highest BCUT2D eigenvalue weighted by Crippen LogP contribution is 2.32. The van der Waals surface area contributed by atoms with Gasteiger partial charge in [0.25, 0.3) is 0 Å². The molecule has 0 aromatic heterocycles. The molecule has 0 aromatic rings. The van der Waals surface area contributed by atoms with Crippen molar-refractivity contribution in [2.24, 2.45) is 11.3 Å². The average molecular weight is 243 g/mol. The lowest BCUT2D eigenvalue weighted by molar-refractivity contribution is -0.156. The Morgan fingerprint density at radius 2 is 1.88 bits per heavy atom. The number of amides is 1. The fraction of sp³-hybridized carbons (Fsp3) is 0.833. The molecule has 0 aliphatic carbocycles. The number of carboxylic acids is 1. The molecule has 98 valence electrons. The van der Waals surface area contributed by atoms with Crippen LogP contribution in [0.5, 0.6) is 0 Å². The molecule has 1 fully saturated rings. The highest BCUT2D eigenvalue weighted by atomic mass is 16.5. The number of rotatable bonds is 4. The molecule has 1 saturated heterocycles. The van der Waals surface area contributed by atoms with Crippen molar-refractivity contribution < 1.29 is 19.4 Å². The summed E-state index contributed by atoms with van der Waals surface area (Å²) in [5.74, 6) is -1.08. The Hall–Kier alpha value is -1.10. The molecule has 1 aliphatic heterocycles. The molecule has 1 heterocycles. The smallest absolute Gasteiger partial charge is 0.310 e. The first-order valence-corrected chi connectivity index (χ1v) is 5.97. The Labute approximate surface area is 102 Å². The minimum Gasteiger partial charge on any atom is -0.481 e. The van der Waals surface area contributed by atoms with E-state index in [1.54, 1.807) is 11.8 Å². The van der Waals surface area contributed by atoms with Gasteiger partial charge in [-0.3, -0.25) is 9.59 Å². The van der Waals surface area contributed by atoms with E-state index in [-0.39, 0.29) is 18.2 Å². The lowest BCUT2D eigenvalue weighted by Gasteiger charge is -2.33. The van der Waals surface area contributed by atoms with Crippen molar-refractivity contribution in [2.45, 2.75) is 27.2 Å². The third-order valence-electron chi connectivity index (χ3n) is 3.65. The minimum absolute atomic E-state index is 0.0556. The summed E-state index contributed by atoms with van der Waals surface area (Å²) < 4.78 is 5.16. The van der Waals surface area contributed by atoms with Gasteiger partial charge in [0.15, 0.2) is 0 Å².